The van der Waals surface area contributed by atoms with E-state index in [-0.39, 0.29) is 17.5 Å². The van der Waals surface area contributed by atoms with Crippen LogP contribution in [0.2, 0.25) is 0 Å². The normalized spacial score (nSPS) is 9.52. The average molecular weight is 280 g/mol. The van der Waals surface area contributed by atoms with Gasteiger partial charge >= 0.3 is 0 Å². The number of pyridine rings is 1. The van der Waals surface area contributed by atoms with Crippen LogP contribution in [0.25, 0.3) is 0 Å². The van der Waals surface area contributed by atoms with Gasteiger partial charge in [-0.3, -0.25) is 9.59 Å². The molecule has 0 aliphatic heterocycles. The molecule has 2 aromatic rings. The van der Waals surface area contributed by atoms with Crippen LogP contribution in [0.1, 0.15) is 23.0 Å². The van der Waals surface area contributed by atoms with Gasteiger partial charge in [-0.1, -0.05) is 0 Å². The number of aromatic nitrogens is 1. The molecular formula is C15H12N4O2. The third-order valence-corrected chi connectivity index (χ3v) is 2.60. The van der Waals surface area contributed by atoms with Gasteiger partial charge in [-0.05, 0) is 36.4 Å². The van der Waals surface area contributed by atoms with Crippen LogP contribution < -0.4 is 10.6 Å². The van der Waals surface area contributed by atoms with Gasteiger partial charge in [0, 0.05) is 24.5 Å². The van der Waals surface area contributed by atoms with E-state index in [1.54, 1.807) is 24.3 Å². The van der Waals surface area contributed by atoms with E-state index in [9.17, 15) is 9.59 Å². The van der Waals surface area contributed by atoms with Crippen molar-refractivity contribution in [1.29, 1.82) is 5.26 Å². The van der Waals surface area contributed by atoms with Gasteiger partial charge in [0.2, 0.25) is 5.91 Å². The Morgan fingerprint density at radius 2 is 1.67 bits per heavy atom. The van der Waals surface area contributed by atoms with Crippen molar-refractivity contribution < 1.29 is 9.59 Å². The van der Waals surface area contributed by atoms with Crippen LogP contribution in [-0.4, -0.2) is 16.8 Å². The molecule has 0 saturated carbocycles. The first-order valence-corrected chi connectivity index (χ1v) is 6.13. The molecule has 0 atom stereocenters. The first-order chi connectivity index (χ1) is 10.1. The van der Waals surface area contributed by atoms with E-state index in [0.717, 1.165) is 0 Å². The van der Waals surface area contributed by atoms with Crippen LogP contribution in [0.15, 0.2) is 42.6 Å². The van der Waals surface area contributed by atoms with Crippen LogP contribution in [-0.2, 0) is 4.79 Å². The number of nitrogens with one attached hydrogen (secondary N) is 2. The van der Waals surface area contributed by atoms with Gasteiger partial charge in [-0.25, -0.2) is 4.98 Å². The predicted octanol–water partition coefficient (Wildman–Crippen LogP) is 2.16. The minimum absolute atomic E-state index is 0.157. The Morgan fingerprint density at radius 3 is 2.14 bits per heavy atom. The van der Waals surface area contributed by atoms with Gasteiger partial charge in [-0.2, -0.15) is 5.26 Å². The molecule has 0 aliphatic rings. The molecule has 0 fully saturated rings. The minimum atomic E-state index is -0.320. The van der Waals surface area contributed by atoms with E-state index in [2.05, 4.69) is 15.6 Å². The van der Waals surface area contributed by atoms with E-state index in [1.165, 1.54) is 25.3 Å². The van der Waals surface area contributed by atoms with Crippen LogP contribution in [0.3, 0.4) is 0 Å². The maximum atomic E-state index is 12.0. The molecule has 6 heteroatoms. The molecule has 1 heterocycles. The number of carbonyl (C=O) groups excluding carboxylic acids is 2. The van der Waals surface area contributed by atoms with E-state index < -0.39 is 0 Å². The number of rotatable bonds is 3. The zero-order chi connectivity index (χ0) is 15.2. The lowest BCUT2D eigenvalue weighted by Gasteiger charge is -2.06. The van der Waals surface area contributed by atoms with Crippen molar-refractivity contribution in [2.75, 3.05) is 10.6 Å². The minimum Gasteiger partial charge on any atom is -0.326 e. The van der Waals surface area contributed by atoms with E-state index in [4.69, 9.17) is 5.26 Å². The van der Waals surface area contributed by atoms with Crippen molar-refractivity contribution in [3.63, 3.8) is 0 Å². The summed E-state index contributed by atoms with van der Waals surface area (Å²) < 4.78 is 0. The van der Waals surface area contributed by atoms with Gasteiger partial charge in [-0.15, -0.1) is 0 Å². The fourth-order valence-corrected chi connectivity index (χ4v) is 1.64. The van der Waals surface area contributed by atoms with Crippen LogP contribution in [0.4, 0.5) is 11.4 Å². The summed E-state index contributed by atoms with van der Waals surface area (Å²) in [5, 5.41) is 14.0. The monoisotopic (exact) mass is 280 g/mol. The maximum Gasteiger partial charge on any atom is 0.257 e. The lowest BCUT2D eigenvalue weighted by atomic mass is 10.2. The highest BCUT2D eigenvalue weighted by Gasteiger charge is 2.07. The van der Waals surface area contributed by atoms with Crippen LogP contribution in [0, 0.1) is 11.3 Å². The summed E-state index contributed by atoms with van der Waals surface area (Å²) >= 11 is 0. The second-order valence-corrected chi connectivity index (χ2v) is 4.26. The molecular weight excluding hydrogens is 268 g/mol. The Morgan fingerprint density at radius 1 is 1.05 bits per heavy atom. The molecule has 0 saturated heterocycles. The van der Waals surface area contributed by atoms with Gasteiger partial charge in [0.1, 0.15) is 11.8 Å². The van der Waals surface area contributed by atoms with Gasteiger partial charge in [0.15, 0.2) is 0 Å². The van der Waals surface area contributed by atoms with Crippen LogP contribution in [0.5, 0.6) is 0 Å². The van der Waals surface area contributed by atoms with E-state index in [0.29, 0.717) is 16.9 Å². The summed E-state index contributed by atoms with van der Waals surface area (Å²) in [6, 6.07) is 11.6. The zero-order valence-electron chi connectivity index (χ0n) is 11.3. The molecule has 6 nitrogen and oxygen atoms in total. The Balaban J connectivity index is 2.05. The Kier molecular flexibility index (Phi) is 4.26. The number of benzene rings is 1. The first-order valence-electron chi connectivity index (χ1n) is 6.13. The highest BCUT2D eigenvalue weighted by molar-refractivity contribution is 6.04. The zero-order valence-corrected chi connectivity index (χ0v) is 11.3. The summed E-state index contributed by atoms with van der Waals surface area (Å²) in [5.41, 5.74) is 1.87. The van der Waals surface area contributed by atoms with E-state index in [1.807, 2.05) is 6.07 Å². The van der Waals surface area contributed by atoms with Crippen molar-refractivity contribution in [3.8, 4) is 6.07 Å². The van der Waals surface area contributed by atoms with Crippen molar-refractivity contribution in [2.45, 2.75) is 6.92 Å². The summed E-state index contributed by atoms with van der Waals surface area (Å²) in [4.78, 5) is 26.7. The van der Waals surface area contributed by atoms with E-state index >= 15 is 0 Å². The second-order valence-electron chi connectivity index (χ2n) is 4.26. The molecule has 2 N–H and O–H groups in total. The van der Waals surface area contributed by atoms with Gasteiger partial charge < -0.3 is 10.6 Å². The predicted molar refractivity (Wildman–Crippen MR) is 77.7 cm³/mol. The molecule has 0 aliphatic carbocycles. The highest BCUT2D eigenvalue weighted by Crippen LogP contribution is 2.14. The third-order valence-electron chi connectivity index (χ3n) is 2.60. The molecule has 2 rings (SSSR count). The Labute approximate surface area is 121 Å². The quantitative estimate of drug-likeness (QED) is 0.900. The molecule has 21 heavy (non-hydrogen) atoms. The number of anilines is 2. The van der Waals surface area contributed by atoms with Crippen LogP contribution >= 0.6 is 0 Å². The maximum absolute atomic E-state index is 12.0. The summed E-state index contributed by atoms with van der Waals surface area (Å²) in [5.74, 6) is -0.477. The smallest absolute Gasteiger partial charge is 0.257 e. The van der Waals surface area contributed by atoms with Crippen molar-refractivity contribution in [2.24, 2.45) is 0 Å². The first kappa shape index (κ1) is 14.2. The molecule has 104 valence electrons. The average Bonchev–Trinajstić information content (AvgIpc) is 2.49. The van der Waals surface area contributed by atoms with Crippen molar-refractivity contribution >= 4 is 23.2 Å². The molecule has 2 amide bonds. The second kappa shape index (κ2) is 6.30. The summed E-state index contributed by atoms with van der Waals surface area (Å²) in [6.07, 6.45) is 1.35. The SMILES string of the molecule is CC(=O)Nc1ccc(NC(=O)c2ccc(C#N)nc2)cc1. The number of hydrogen-bond acceptors (Lipinski definition) is 4. The lowest BCUT2D eigenvalue weighted by Crippen LogP contribution is -2.12. The lowest BCUT2D eigenvalue weighted by molar-refractivity contribution is -0.114. The number of nitriles is 1. The van der Waals surface area contributed by atoms with Gasteiger partial charge in [0.25, 0.3) is 5.91 Å². The van der Waals surface area contributed by atoms with Crippen molar-refractivity contribution in [3.05, 3.63) is 53.9 Å². The van der Waals surface area contributed by atoms with Crippen molar-refractivity contribution in [1.82, 2.24) is 4.98 Å². The van der Waals surface area contributed by atoms with Gasteiger partial charge in [0.05, 0.1) is 5.56 Å². The molecule has 0 radical (unpaired) electrons. The highest BCUT2D eigenvalue weighted by atomic mass is 16.2. The number of carbonyl (C=O) groups is 2. The Hall–Kier alpha value is -3.20. The topological polar surface area (TPSA) is 94.9 Å². The molecule has 0 unspecified atom stereocenters. The molecule has 1 aromatic carbocycles. The molecule has 1 aromatic heterocycles. The molecule has 0 spiro atoms. The summed E-state index contributed by atoms with van der Waals surface area (Å²) in [7, 11) is 0. The standard InChI is InChI=1S/C15H12N4O2/c1-10(20)18-12-4-6-13(7-5-12)19-15(21)11-2-3-14(8-16)17-9-11/h2-7,9H,1H3,(H,18,20)(H,19,21). The molecule has 0 bridgehead atoms. The summed E-state index contributed by atoms with van der Waals surface area (Å²) in [6.45, 7) is 1.42. The third kappa shape index (κ3) is 3.88. The Bertz CT molecular complexity index is 700. The number of hydrogen-bond donors (Lipinski definition) is 2. The fourth-order valence-electron chi connectivity index (χ4n) is 1.64. The fraction of sp³-hybridized carbons (Fsp3) is 0.0667. The number of nitrogens with zero attached hydrogens (tertiary/aromatic N) is 2. The number of amides is 2. The largest absolute Gasteiger partial charge is 0.326 e.